The molecule has 0 bridgehead atoms. The molecule has 27 heavy (non-hydrogen) atoms. The number of hydrogen-bond acceptors (Lipinski definition) is 4. The third kappa shape index (κ3) is 11.0. The Morgan fingerprint density at radius 2 is 1.04 bits per heavy atom. The largest absolute Gasteiger partial charge is 2.00 e. The van der Waals surface area contributed by atoms with Crippen LogP contribution < -0.4 is 34.3 Å². The Labute approximate surface area is 183 Å². The maximum atomic E-state index is 5.27. The fourth-order valence-corrected chi connectivity index (χ4v) is 1.99. The van der Waals surface area contributed by atoms with Crippen LogP contribution in [0, 0.1) is 0 Å². The molecule has 6 nitrogen and oxygen atoms in total. The minimum Gasteiger partial charge on any atom is -1.00 e. The molecule has 0 unspecified atom stereocenters. The van der Waals surface area contributed by atoms with E-state index in [-0.39, 0.29) is 52.8 Å². The van der Waals surface area contributed by atoms with Gasteiger partial charge in [-0.2, -0.15) is 0 Å². The monoisotopic (exact) mass is 465 g/mol. The molecule has 4 N–H and O–H groups in total. The summed E-state index contributed by atoms with van der Waals surface area (Å²) in [4.78, 5) is 8.75. The molecule has 1 radical (unpaired) electrons. The number of nitrogens with zero attached hydrogens (tertiary/aromatic N) is 2. The number of benzene rings is 2. The first-order valence-electron chi connectivity index (χ1n) is 7.11. The average molecular weight is 467 g/mol. The van der Waals surface area contributed by atoms with Crippen LogP contribution in [0.4, 0.5) is 0 Å². The molecule has 0 saturated heterocycles. The number of rotatable bonds is 7. The van der Waals surface area contributed by atoms with Crippen LogP contribution in [0.1, 0.15) is 11.1 Å². The summed E-state index contributed by atoms with van der Waals surface area (Å²) in [5.74, 6) is 1.65. The molecule has 0 saturated carbocycles. The van der Waals surface area contributed by atoms with Crippen LogP contribution in [0.15, 0.2) is 58.5 Å². The standard InChI is InChI=1S/C18H20N2O2.2ClH.Cu.2H2O/c1-21-17-9-5-3-7-15(17)13-19-11-12-20-14-16-8-4-6-10-18(16)22-2;;;;;/h3-10,13-14H,11-12H2,1-2H3;2*1H;;2*1H2/q;;;+2;;/p-2. The normalized spacial score (nSPS) is 9.11. The maximum absolute atomic E-state index is 5.27. The van der Waals surface area contributed by atoms with E-state index in [0.717, 1.165) is 22.6 Å². The average Bonchev–Trinajstić information content (AvgIpc) is 2.58. The van der Waals surface area contributed by atoms with E-state index in [1.807, 2.05) is 61.0 Å². The third-order valence-corrected chi connectivity index (χ3v) is 3.10. The van der Waals surface area contributed by atoms with Crippen LogP contribution in [0.25, 0.3) is 0 Å². The van der Waals surface area contributed by atoms with E-state index in [2.05, 4.69) is 9.98 Å². The summed E-state index contributed by atoms with van der Waals surface area (Å²) in [7, 11) is 3.31. The van der Waals surface area contributed by atoms with Gasteiger partial charge in [0.2, 0.25) is 0 Å². The summed E-state index contributed by atoms with van der Waals surface area (Å²) in [6.07, 6.45) is 3.63. The zero-order valence-corrected chi connectivity index (χ0v) is 17.4. The summed E-state index contributed by atoms with van der Waals surface area (Å²) in [6.45, 7) is 1.26. The molecule has 155 valence electrons. The molecule has 0 aliphatic rings. The van der Waals surface area contributed by atoms with Crippen molar-refractivity contribution < 1.29 is 62.3 Å². The number of halogens is 2. The molecule has 2 aromatic rings. The second-order valence-electron chi connectivity index (χ2n) is 4.55. The van der Waals surface area contributed by atoms with E-state index in [1.54, 1.807) is 14.2 Å². The Bertz CT molecular complexity index is 616. The Hall–Kier alpha value is -1.60. The smallest absolute Gasteiger partial charge is 1.00 e. The summed E-state index contributed by atoms with van der Waals surface area (Å²) >= 11 is 0. The number of aliphatic imine (C=N–C) groups is 2. The van der Waals surface area contributed by atoms with Gasteiger partial charge in [0.25, 0.3) is 0 Å². The van der Waals surface area contributed by atoms with Crippen molar-refractivity contribution in [3.8, 4) is 11.5 Å². The van der Waals surface area contributed by atoms with Crippen molar-refractivity contribution in [1.82, 2.24) is 0 Å². The first-order chi connectivity index (χ1) is 10.8. The van der Waals surface area contributed by atoms with Gasteiger partial charge in [0.15, 0.2) is 0 Å². The molecule has 0 aliphatic carbocycles. The summed E-state index contributed by atoms with van der Waals surface area (Å²) in [5.41, 5.74) is 1.94. The number of ether oxygens (including phenoxy) is 2. The molecule has 0 fully saturated rings. The van der Waals surface area contributed by atoms with Gasteiger partial charge in [-0.05, 0) is 24.3 Å². The summed E-state index contributed by atoms with van der Waals surface area (Å²) in [5, 5.41) is 0. The third-order valence-electron chi connectivity index (χ3n) is 3.10. The first-order valence-corrected chi connectivity index (χ1v) is 7.11. The predicted molar refractivity (Wildman–Crippen MR) is 98.1 cm³/mol. The number of hydrogen-bond donors (Lipinski definition) is 0. The van der Waals surface area contributed by atoms with Crippen LogP contribution in [-0.4, -0.2) is 50.7 Å². The molecular formula is C18H24Cl2CuN2O4. The second kappa shape index (κ2) is 19.2. The van der Waals surface area contributed by atoms with E-state index in [1.165, 1.54) is 0 Å². The Morgan fingerprint density at radius 1 is 0.704 bits per heavy atom. The van der Waals surface area contributed by atoms with Crippen molar-refractivity contribution >= 4 is 12.4 Å². The molecule has 2 aromatic carbocycles. The van der Waals surface area contributed by atoms with Gasteiger partial charge >= 0.3 is 17.1 Å². The van der Waals surface area contributed by atoms with E-state index in [4.69, 9.17) is 9.47 Å². The minimum absolute atomic E-state index is 0. The van der Waals surface area contributed by atoms with Crippen molar-refractivity contribution in [3.63, 3.8) is 0 Å². The minimum atomic E-state index is 0. The zero-order chi connectivity index (χ0) is 15.6. The van der Waals surface area contributed by atoms with Crippen molar-refractivity contribution in [1.29, 1.82) is 0 Å². The molecule has 0 amide bonds. The second-order valence-corrected chi connectivity index (χ2v) is 4.55. The first kappa shape index (κ1) is 33.0. The zero-order valence-electron chi connectivity index (χ0n) is 15.0. The van der Waals surface area contributed by atoms with Crippen LogP contribution in [0.5, 0.6) is 11.5 Å². The van der Waals surface area contributed by atoms with Crippen LogP contribution in [0.2, 0.25) is 0 Å². The molecule has 0 aliphatic heterocycles. The van der Waals surface area contributed by atoms with Gasteiger partial charge in [-0.25, -0.2) is 0 Å². The SMILES string of the molecule is COc1ccccc1C=NCCN=Cc1ccccc1OC.O.O.[Cl-].[Cl-].[Cu+2]. The number of para-hydroxylation sites is 2. The van der Waals surface area contributed by atoms with Gasteiger partial charge in [0, 0.05) is 23.6 Å². The molecule has 0 spiro atoms. The molecule has 0 heterocycles. The quantitative estimate of drug-likeness (QED) is 0.233. The summed E-state index contributed by atoms with van der Waals surface area (Å²) in [6, 6.07) is 15.6. The van der Waals surface area contributed by atoms with Gasteiger partial charge in [-0.15, -0.1) is 0 Å². The molecule has 9 heteroatoms. The van der Waals surface area contributed by atoms with Crippen LogP contribution >= 0.6 is 0 Å². The number of methoxy groups -OCH3 is 2. The Kier molecular flexibility index (Phi) is 23.4. The summed E-state index contributed by atoms with van der Waals surface area (Å²) < 4.78 is 10.5. The molecule has 0 atom stereocenters. The predicted octanol–water partition coefficient (Wildman–Crippen LogP) is -4.40. The van der Waals surface area contributed by atoms with Crippen molar-refractivity contribution in [2.24, 2.45) is 9.98 Å². The van der Waals surface area contributed by atoms with Crippen molar-refractivity contribution in [2.75, 3.05) is 27.3 Å². The Balaban J connectivity index is -0.000000529. The van der Waals surface area contributed by atoms with Gasteiger partial charge < -0.3 is 45.2 Å². The van der Waals surface area contributed by atoms with Gasteiger partial charge in [-0.1, -0.05) is 24.3 Å². The Morgan fingerprint density at radius 3 is 1.37 bits per heavy atom. The van der Waals surface area contributed by atoms with Crippen molar-refractivity contribution in [3.05, 3.63) is 59.7 Å². The maximum Gasteiger partial charge on any atom is 2.00 e. The van der Waals surface area contributed by atoms with Gasteiger partial charge in [0.05, 0.1) is 27.3 Å². The van der Waals surface area contributed by atoms with Crippen molar-refractivity contribution in [2.45, 2.75) is 0 Å². The fourth-order valence-electron chi connectivity index (χ4n) is 1.99. The molecular weight excluding hydrogens is 443 g/mol. The van der Waals surface area contributed by atoms with Gasteiger partial charge in [-0.3, -0.25) is 9.98 Å². The van der Waals surface area contributed by atoms with Crippen LogP contribution in [-0.2, 0) is 17.1 Å². The van der Waals surface area contributed by atoms with Crippen LogP contribution in [0.3, 0.4) is 0 Å². The molecule has 0 aromatic heterocycles. The van der Waals surface area contributed by atoms with E-state index in [0.29, 0.717) is 13.1 Å². The van der Waals surface area contributed by atoms with E-state index in [9.17, 15) is 0 Å². The van der Waals surface area contributed by atoms with E-state index >= 15 is 0 Å². The van der Waals surface area contributed by atoms with E-state index < -0.39 is 0 Å². The van der Waals surface area contributed by atoms with Gasteiger partial charge in [0.1, 0.15) is 11.5 Å². The molecule has 2 rings (SSSR count). The topological polar surface area (TPSA) is 106 Å². The fraction of sp³-hybridized carbons (Fsp3) is 0.222.